The summed E-state index contributed by atoms with van der Waals surface area (Å²) in [5.41, 5.74) is 4.24. The van der Waals surface area contributed by atoms with Gasteiger partial charge in [0.05, 0.1) is 11.8 Å². The second-order valence-electron chi connectivity index (χ2n) is 5.21. The minimum atomic E-state index is 0. The largest absolute Gasteiger partial charge is 0.491 e. The molecule has 3 rings (SSSR count). The number of fused-ring (bicyclic) bond motifs is 1. The van der Waals surface area contributed by atoms with Gasteiger partial charge in [-0.05, 0) is 57.2 Å². The maximum atomic E-state index is 5.66. The van der Waals surface area contributed by atoms with Gasteiger partial charge in [0.2, 0.25) is 0 Å². The van der Waals surface area contributed by atoms with Gasteiger partial charge in [-0.2, -0.15) is 0 Å². The molecule has 0 radical (unpaired) electrons. The Hall–Kier alpha value is -1.81. The van der Waals surface area contributed by atoms with E-state index in [2.05, 4.69) is 40.7 Å². The summed E-state index contributed by atoms with van der Waals surface area (Å²) in [6.07, 6.45) is 2.27. The smallest absolute Gasteiger partial charge is 0.137 e. The predicted octanol–water partition coefficient (Wildman–Crippen LogP) is 4.67. The van der Waals surface area contributed by atoms with Crippen LogP contribution >= 0.6 is 17.0 Å². The summed E-state index contributed by atoms with van der Waals surface area (Å²) < 4.78 is 7.76. The summed E-state index contributed by atoms with van der Waals surface area (Å²) >= 11 is 0. The minimum absolute atomic E-state index is 0. The zero-order valence-electron chi connectivity index (χ0n) is 12.4. The van der Waals surface area contributed by atoms with Crippen molar-refractivity contribution in [1.82, 2.24) is 9.38 Å². The highest BCUT2D eigenvalue weighted by atomic mass is 79.9. The zero-order valence-corrected chi connectivity index (χ0v) is 14.1. The number of aromatic nitrogens is 2. The van der Waals surface area contributed by atoms with Crippen molar-refractivity contribution < 1.29 is 4.74 Å². The molecule has 0 unspecified atom stereocenters. The number of rotatable bonds is 3. The topological polar surface area (TPSA) is 26.5 Å². The van der Waals surface area contributed by atoms with Gasteiger partial charge in [-0.25, -0.2) is 4.98 Å². The summed E-state index contributed by atoms with van der Waals surface area (Å²) in [5.74, 6) is 0.892. The molecule has 0 aliphatic rings. The van der Waals surface area contributed by atoms with E-state index in [4.69, 9.17) is 4.74 Å². The van der Waals surface area contributed by atoms with Crippen molar-refractivity contribution in [3.63, 3.8) is 0 Å². The number of pyridine rings is 1. The highest BCUT2D eigenvalue weighted by molar-refractivity contribution is 8.93. The molecular weight excluding hydrogens is 328 g/mol. The Morgan fingerprint density at radius 1 is 1.05 bits per heavy atom. The van der Waals surface area contributed by atoms with E-state index < -0.39 is 0 Å². The number of ether oxygens (including phenoxy) is 1. The van der Waals surface area contributed by atoms with Crippen LogP contribution < -0.4 is 4.74 Å². The Labute approximate surface area is 135 Å². The molecule has 110 valence electrons. The normalized spacial score (nSPS) is 10.7. The second kappa shape index (κ2) is 6.31. The molecule has 0 atom stereocenters. The van der Waals surface area contributed by atoms with Gasteiger partial charge >= 0.3 is 0 Å². The van der Waals surface area contributed by atoms with Gasteiger partial charge in [-0.15, -0.1) is 17.0 Å². The number of halogens is 1. The summed E-state index contributed by atoms with van der Waals surface area (Å²) in [7, 11) is 0. The van der Waals surface area contributed by atoms with Crippen molar-refractivity contribution in [2.24, 2.45) is 0 Å². The monoisotopic (exact) mass is 346 g/mol. The van der Waals surface area contributed by atoms with Crippen LogP contribution in [0, 0.1) is 6.92 Å². The lowest BCUT2D eigenvalue weighted by Gasteiger charge is -2.09. The van der Waals surface area contributed by atoms with Gasteiger partial charge in [0.1, 0.15) is 11.4 Å². The van der Waals surface area contributed by atoms with Crippen LogP contribution in [0.3, 0.4) is 0 Å². The molecule has 0 amide bonds. The highest BCUT2D eigenvalue weighted by Gasteiger charge is 2.06. The Morgan fingerprint density at radius 3 is 2.38 bits per heavy atom. The van der Waals surface area contributed by atoms with E-state index in [0.717, 1.165) is 22.7 Å². The zero-order chi connectivity index (χ0) is 14.1. The molecule has 2 aromatic heterocycles. The lowest BCUT2D eigenvalue weighted by molar-refractivity contribution is 0.242. The third kappa shape index (κ3) is 3.27. The molecule has 2 heterocycles. The maximum Gasteiger partial charge on any atom is 0.137 e. The molecule has 0 aliphatic heterocycles. The predicted molar refractivity (Wildman–Crippen MR) is 91.5 cm³/mol. The van der Waals surface area contributed by atoms with E-state index >= 15 is 0 Å². The number of benzene rings is 1. The molecule has 3 nitrogen and oxygen atoms in total. The SMILES string of the molecule is Br.Cc1cccc2nc(-c3ccc(OC(C)C)cc3)cn12. The third-order valence-corrected chi connectivity index (χ3v) is 3.22. The van der Waals surface area contributed by atoms with Gasteiger partial charge in [0.25, 0.3) is 0 Å². The Balaban J connectivity index is 0.00000161. The molecule has 0 aliphatic carbocycles. The highest BCUT2D eigenvalue weighted by Crippen LogP contribution is 2.23. The van der Waals surface area contributed by atoms with Crippen molar-refractivity contribution in [3.8, 4) is 17.0 Å². The number of hydrogen-bond acceptors (Lipinski definition) is 2. The first-order valence-electron chi connectivity index (χ1n) is 6.85. The van der Waals surface area contributed by atoms with Crippen molar-refractivity contribution >= 4 is 22.6 Å². The quantitative estimate of drug-likeness (QED) is 0.688. The van der Waals surface area contributed by atoms with Crippen LogP contribution in [0.4, 0.5) is 0 Å². The molecule has 21 heavy (non-hydrogen) atoms. The van der Waals surface area contributed by atoms with Gasteiger partial charge in [-0.1, -0.05) is 6.07 Å². The number of hydrogen-bond donors (Lipinski definition) is 0. The van der Waals surface area contributed by atoms with Crippen molar-refractivity contribution in [1.29, 1.82) is 0 Å². The Morgan fingerprint density at radius 2 is 1.76 bits per heavy atom. The summed E-state index contributed by atoms with van der Waals surface area (Å²) in [4.78, 5) is 4.66. The first-order chi connectivity index (χ1) is 9.63. The Kier molecular flexibility index (Phi) is 4.68. The average Bonchev–Trinajstić information content (AvgIpc) is 2.84. The lowest BCUT2D eigenvalue weighted by atomic mass is 10.1. The van der Waals surface area contributed by atoms with E-state index in [-0.39, 0.29) is 23.1 Å². The van der Waals surface area contributed by atoms with Crippen molar-refractivity contribution in [3.05, 3.63) is 54.4 Å². The molecule has 0 N–H and O–H groups in total. The molecule has 0 bridgehead atoms. The molecule has 0 spiro atoms. The van der Waals surface area contributed by atoms with E-state index in [1.165, 1.54) is 5.69 Å². The van der Waals surface area contributed by atoms with E-state index in [0.29, 0.717) is 0 Å². The minimum Gasteiger partial charge on any atom is -0.491 e. The molecule has 0 fully saturated rings. The third-order valence-electron chi connectivity index (χ3n) is 3.22. The van der Waals surface area contributed by atoms with Crippen LogP contribution in [0.1, 0.15) is 19.5 Å². The Bertz CT molecular complexity index is 732. The van der Waals surface area contributed by atoms with Gasteiger partial charge < -0.3 is 9.14 Å². The van der Waals surface area contributed by atoms with Crippen LogP contribution in [0.15, 0.2) is 48.7 Å². The van der Waals surface area contributed by atoms with Crippen LogP contribution in [-0.4, -0.2) is 15.5 Å². The fourth-order valence-corrected chi connectivity index (χ4v) is 2.26. The number of aryl methyl sites for hydroxylation is 1. The van der Waals surface area contributed by atoms with Crippen LogP contribution in [-0.2, 0) is 0 Å². The lowest BCUT2D eigenvalue weighted by Crippen LogP contribution is -2.05. The van der Waals surface area contributed by atoms with Crippen molar-refractivity contribution in [2.45, 2.75) is 26.9 Å². The average molecular weight is 347 g/mol. The second-order valence-corrected chi connectivity index (χ2v) is 5.21. The van der Waals surface area contributed by atoms with Crippen LogP contribution in [0.25, 0.3) is 16.9 Å². The van der Waals surface area contributed by atoms with Gasteiger partial charge in [-0.3, -0.25) is 0 Å². The standard InChI is InChI=1S/C17H18N2O.BrH/c1-12(2)20-15-9-7-14(8-10-15)16-11-19-13(3)5-4-6-17(19)18-16;/h4-12H,1-3H3;1H. The number of nitrogens with zero attached hydrogens (tertiary/aromatic N) is 2. The first-order valence-corrected chi connectivity index (χ1v) is 6.85. The van der Waals surface area contributed by atoms with Crippen molar-refractivity contribution in [2.75, 3.05) is 0 Å². The van der Waals surface area contributed by atoms with E-state index in [9.17, 15) is 0 Å². The molecule has 1 aromatic carbocycles. The summed E-state index contributed by atoms with van der Waals surface area (Å²) in [6.45, 7) is 6.13. The van der Waals surface area contributed by atoms with Crippen LogP contribution in [0.2, 0.25) is 0 Å². The molecule has 0 saturated carbocycles. The molecule has 3 aromatic rings. The molecule has 0 saturated heterocycles. The fourth-order valence-electron chi connectivity index (χ4n) is 2.26. The molecular formula is C17H19BrN2O. The van der Waals surface area contributed by atoms with Gasteiger partial charge in [0.15, 0.2) is 0 Å². The summed E-state index contributed by atoms with van der Waals surface area (Å²) in [5, 5.41) is 0. The maximum absolute atomic E-state index is 5.66. The number of imidazole rings is 1. The van der Waals surface area contributed by atoms with Gasteiger partial charge in [0, 0.05) is 17.5 Å². The van der Waals surface area contributed by atoms with Crippen LogP contribution in [0.5, 0.6) is 5.75 Å². The molecule has 4 heteroatoms. The van der Waals surface area contributed by atoms with E-state index in [1.807, 2.05) is 38.1 Å². The summed E-state index contributed by atoms with van der Waals surface area (Å²) in [6, 6.07) is 14.2. The fraction of sp³-hybridized carbons (Fsp3) is 0.235. The van der Waals surface area contributed by atoms with E-state index in [1.54, 1.807) is 0 Å². The first kappa shape index (κ1) is 15.6.